The number of ether oxygens (including phenoxy) is 1. The van der Waals surface area contributed by atoms with Crippen LogP contribution in [0.4, 0.5) is 0 Å². The van der Waals surface area contributed by atoms with Gasteiger partial charge in [0.1, 0.15) is 0 Å². The minimum Gasteiger partial charge on any atom is -0.377 e. The highest BCUT2D eigenvalue weighted by molar-refractivity contribution is 7.99. The van der Waals surface area contributed by atoms with Crippen molar-refractivity contribution in [3.8, 4) is 0 Å². The van der Waals surface area contributed by atoms with Gasteiger partial charge in [-0.2, -0.15) is 0 Å². The molecule has 0 saturated heterocycles. The van der Waals surface area contributed by atoms with Crippen LogP contribution in [0.1, 0.15) is 13.8 Å². The fourth-order valence-corrected chi connectivity index (χ4v) is 2.36. The summed E-state index contributed by atoms with van der Waals surface area (Å²) in [6, 6.07) is 8.30. The number of hydrogen-bond donors (Lipinski definition) is 1. The number of rotatable bonds is 7. The number of hydrogen-bond acceptors (Lipinski definition) is 3. The van der Waals surface area contributed by atoms with Gasteiger partial charge in [0, 0.05) is 21.7 Å². The van der Waals surface area contributed by atoms with Gasteiger partial charge in [-0.3, -0.25) is 0 Å². The van der Waals surface area contributed by atoms with Crippen LogP contribution in [0.25, 0.3) is 0 Å². The molecule has 0 bridgehead atoms. The molecule has 2 nitrogen and oxygen atoms in total. The topological polar surface area (TPSA) is 21.3 Å². The Kier molecular flexibility index (Phi) is 6.97. The van der Waals surface area contributed by atoms with Crippen molar-refractivity contribution >= 4 is 23.4 Å². The van der Waals surface area contributed by atoms with Crippen LogP contribution in [0.2, 0.25) is 5.02 Å². The molecule has 0 spiro atoms. The fourth-order valence-electron chi connectivity index (χ4n) is 1.25. The van der Waals surface area contributed by atoms with Crippen molar-refractivity contribution in [1.82, 2.24) is 5.32 Å². The molecule has 1 aromatic rings. The number of halogens is 1. The largest absolute Gasteiger partial charge is 0.377 e. The van der Waals surface area contributed by atoms with E-state index in [0.717, 1.165) is 17.4 Å². The average Bonchev–Trinajstić information content (AvgIpc) is 2.31. The number of benzene rings is 1. The van der Waals surface area contributed by atoms with Crippen LogP contribution in [0.3, 0.4) is 0 Å². The van der Waals surface area contributed by atoms with E-state index >= 15 is 0 Å². The van der Waals surface area contributed by atoms with Gasteiger partial charge in [-0.05, 0) is 45.2 Å². The zero-order valence-electron chi connectivity index (χ0n) is 10.6. The first kappa shape index (κ1) is 14.8. The molecule has 96 valence electrons. The Morgan fingerprint density at radius 1 is 1.29 bits per heavy atom. The fraction of sp³-hybridized carbons (Fsp3) is 0.538. The lowest BCUT2D eigenvalue weighted by Crippen LogP contribution is -2.33. The second kappa shape index (κ2) is 7.98. The van der Waals surface area contributed by atoms with Gasteiger partial charge < -0.3 is 10.1 Å². The van der Waals surface area contributed by atoms with Gasteiger partial charge >= 0.3 is 0 Å². The standard InChI is InChI=1S/C13H20ClNOS/c1-10(2)16-8-12(15-3)9-17-13-6-4-11(14)5-7-13/h4-7,10,12,15H,8-9H2,1-3H3. The first-order valence-electron chi connectivity index (χ1n) is 5.79. The maximum Gasteiger partial charge on any atom is 0.0631 e. The van der Waals surface area contributed by atoms with Crippen molar-refractivity contribution in [1.29, 1.82) is 0 Å². The first-order chi connectivity index (χ1) is 8.11. The molecule has 1 rings (SSSR count). The van der Waals surface area contributed by atoms with Crippen LogP contribution >= 0.6 is 23.4 Å². The Balaban J connectivity index is 2.34. The molecule has 1 unspecified atom stereocenters. The third-order valence-electron chi connectivity index (χ3n) is 2.30. The average molecular weight is 274 g/mol. The smallest absolute Gasteiger partial charge is 0.0631 e. The summed E-state index contributed by atoms with van der Waals surface area (Å²) < 4.78 is 5.61. The zero-order chi connectivity index (χ0) is 12.7. The molecule has 0 radical (unpaired) electrons. The molecule has 1 aromatic carbocycles. The highest BCUT2D eigenvalue weighted by Crippen LogP contribution is 2.21. The minimum atomic E-state index is 0.284. The number of likely N-dealkylation sites (N-methyl/N-ethyl adjacent to an activating group) is 1. The van der Waals surface area contributed by atoms with Crippen LogP contribution in [0.15, 0.2) is 29.2 Å². The highest BCUT2D eigenvalue weighted by atomic mass is 35.5. The monoisotopic (exact) mass is 273 g/mol. The van der Waals surface area contributed by atoms with Crippen molar-refractivity contribution in [2.24, 2.45) is 0 Å². The van der Waals surface area contributed by atoms with E-state index in [0.29, 0.717) is 6.04 Å². The van der Waals surface area contributed by atoms with E-state index in [2.05, 4.69) is 19.2 Å². The number of thioether (sulfide) groups is 1. The lowest BCUT2D eigenvalue weighted by atomic mass is 10.3. The van der Waals surface area contributed by atoms with E-state index in [-0.39, 0.29) is 6.10 Å². The maximum atomic E-state index is 5.84. The summed E-state index contributed by atoms with van der Waals surface area (Å²) in [4.78, 5) is 1.24. The Bertz CT molecular complexity index is 316. The van der Waals surface area contributed by atoms with E-state index in [4.69, 9.17) is 16.3 Å². The molecule has 0 aromatic heterocycles. The molecular weight excluding hydrogens is 254 g/mol. The summed E-state index contributed by atoms with van der Waals surface area (Å²) >= 11 is 7.66. The van der Waals surface area contributed by atoms with Gasteiger partial charge in [0.25, 0.3) is 0 Å². The van der Waals surface area contributed by atoms with Gasteiger partial charge in [0.05, 0.1) is 12.7 Å². The van der Waals surface area contributed by atoms with Gasteiger partial charge in [-0.15, -0.1) is 11.8 Å². The third-order valence-corrected chi connectivity index (χ3v) is 3.73. The molecular formula is C13H20ClNOS. The quantitative estimate of drug-likeness (QED) is 0.769. The molecule has 0 aliphatic heterocycles. The van der Waals surface area contributed by atoms with Gasteiger partial charge in [-0.1, -0.05) is 11.6 Å². The van der Waals surface area contributed by atoms with Crippen molar-refractivity contribution in [3.63, 3.8) is 0 Å². The maximum absolute atomic E-state index is 5.84. The third kappa shape index (κ3) is 6.32. The van der Waals surface area contributed by atoms with Crippen LogP contribution in [0, 0.1) is 0 Å². The van der Waals surface area contributed by atoms with E-state index in [9.17, 15) is 0 Å². The Labute approximate surface area is 113 Å². The van der Waals surface area contributed by atoms with Crippen molar-refractivity contribution in [2.45, 2.75) is 30.9 Å². The molecule has 0 fully saturated rings. The van der Waals surface area contributed by atoms with Gasteiger partial charge in [0.2, 0.25) is 0 Å². The molecule has 4 heteroatoms. The molecule has 1 N–H and O–H groups in total. The van der Waals surface area contributed by atoms with E-state index < -0.39 is 0 Å². The Hall–Kier alpha value is -0.220. The van der Waals surface area contributed by atoms with Gasteiger partial charge in [0.15, 0.2) is 0 Å². The van der Waals surface area contributed by atoms with Crippen LogP contribution in [-0.2, 0) is 4.74 Å². The SMILES string of the molecule is CNC(COC(C)C)CSc1ccc(Cl)cc1. The van der Waals surface area contributed by atoms with Crippen molar-refractivity contribution in [3.05, 3.63) is 29.3 Å². The predicted molar refractivity (Wildman–Crippen MR) is 76.1 cm³/mol. The molecule has 0 aliphatic rings. The number of nitrogens with one attached hydrogen (secondary N) is 1. The minimum absolute atomic E-state index is 0.284. The summed E-state index contributed by atoms with van der Waals surface area (Å²) in [5.74, 6) is 0.991. The molecule has 0 amide bonds. The van der Waals surface area contributed by atoms with Crippen LogP contribution in [-0.4, -0.2) is 31.6 Å². The highest BCUT2D eigenvalue weighted by Gasteiger charge is 2.08. The molecule has 0 heterocycles. The molecule has 0 aliphatic carbocycles. The lowest BCUT2D eigenvalue weighted by molar-refractivity contribution is 0.0668. The van der Waals surface area contributed by atoms with Crippen LogP contribution in [0.5, 0.6) is 0 Å². The van der Waals surface area contributed by atoms with Crippen molar-refractivity contribution < 1.29 is 4.74 Å². The van der Waals surface area contributed by atoms with E-state index in [1.807, 2.05) is 43.1 Å². The summed E-state index contributed by atoms with van der Waals surface area (Å²) in [5, 5.41) is 4.05. The van der Waals surface area contributed by atoms with Gasteiger partial charge in [-0.25, -0.2) is 0 Å². The summed E-state index contributed by atoms with van der Waals surface area (Å²) in [6.45, 7) is 4.85. The molecule has 0 saturated carbocycles. The second-order valence-electron chi connectivity index (χ2n) is 4.13. The summed E-state index contributed by atoms with van der Waals surface area (Å²) in [6.07, 6.45) is 0.284. The molecule has 17 heavy (non-hydrogen) atoms. The first-order valence-corrected chi connectivity index (χ1v) is 7.15. The zero-order valence-corrected chi connectivity index (χ0v) is 12.1. The summed E-state index contributed by atoms with van der Waals surface area (Å²) in [7, 11) is 1.97. The second-order valence-corrected chi connectivity index (χ2v) is 5.66. The normalized spacial score (nSPS) is 13.0. The Morgan fingerprint density at radius 2 is 1.94 bits per heavy atom. The van der Waals surface area contributed by atoms with E-state index in [1.165, 1.54) is 4.90 Å². The summed E-state index contributed by atoms with van der Waals surface area (Å²) in [5.41, 5.74) is 0. The van der Waals surface area contributed by atoms with E-state index in [1.54, 1.807) is 0 Å². The lowest BCUT2D eigenvalue weighted by Gasteiger charge is -2.17. The van der Waals surface area contributed by atoms with Crippen LogP contribution < -0.4 is 5.32 Å². The van der Waals surface area contributed by atoms with Crippen molar-refractivity contribution in [2.75, 3.05) is 19.4 Å². The molecule has 1 atom stereocenters. The predicted octanol–water partition coefficient (Wildman–Crippen LogP) is 3.45. The Morgan fingerprint density at radius 3 is 2.47 bits per heavy atom.